The standard InChI is InChI=1S/C23H25N3O5/c24-19(27)10-16-12-26(13-18(16)31-23(30)14-6-2-1-3-7-14)22(29)20-17-9-5-4-8-15(17)11-25-21(20)28/h1-3,6-7,11,16,18H,4-5,8-10,12-13H2,(H2,24,27)(H,25,28)/t16-,18+/m0/s1. The molecule has 1 saturated heterocycles. The Morgan fingerprint density at radius 3 is 2.58 bits per heavy atom. The Balaban J connectivity index is 1.57. The number of ether oxygens (including phenoxy) is 1. The number of esters is 1. The molecule has 4 rings (SSSR count). The Bertz CT molecular complexity index is 1060. The van der Waals surface area contributed by atoms with E-state index in [0.717, 1.165) is 30.4 Å². The number of H-pyrrole nitrogens is 1. The lowest BCUT2D eigenvalue weighted by atomic mass is 9.89. The second kappa shape index (κ2) is 8.75. The molecule has 2 aromatic rings. The minimum absolute atomic E-state index is 0.0141. The molecule has 8 nitrogen and oxygen atoms in total. The molecule has 31 heavy (non-hydrogen) atoms. The van der Waals surface area contributed by atoms with Gasteiger partial charge < -0.3 is 20.4 Å². The summed E-state index contributed by atoms with van der Waals surface area (Å²) in [5.41, 5.74) is 7.31. The number of nitrogens with two attached hydrogens (primary N) is 1. The van der Waals surface area contributed by atoms with Crippen LogP contribution in [0.25, 0.3) is 0 Å². The maximum atomic E-state index is 13.3. The van der Waals surface area contributed by atoms with Crippen molar-refractivity contribution in [3.05, 3.63) is 69.1 Å². The third-order valence-corrected chi connectivity index (χ3v) is 6.03. The van der Waals surface area contributed by atoms with Gasteiger partial charge in [-0.05, 0) is 48.9 Å². The monoisotopic (exact) mass is 423 g/mol. The highest BCUT2D eigenvalue weighted by Crippen LogP contribution is 2.28. The van der Waals surface area contributed by atoms with Gasteiger partial charge in [-0.15, -0.1) is 0 Å². The molecule has 0 spiro atoms. The van der Waals surface area contributed by atoms with Gasteiger partial charge in [0.15, 0.2) is 0 Å². The number of carbonyl (C=O) groups excluding carboxylic acids is 3. The summed E-state index contributed by atoms with van der Waals surface area (Å²) in [4.78, 5) is 54.1. The molecule has 0 radical (unpaired) electrons. The number of primary amides is 1. The summed E-state index contributed by atoms with van der Waals surface area (Å²) in [6, 6.07) is 8.53. The second-order valence-electron chi connectivity index (χ2n) is 8.15. The van der Waals surface area contributed by atoms with Crippen molar-refractivity contribution >= 4 is 17.8 Å². The first-order valence-electron chi connectivity index (χ1n) is 10.5. The minimum atomic E-state index is -0.678. The van der Waals surface area contributed by atoms with Crippen molar-refractivity contribution in [3.8, 4) is 0 Å². The van der Waals surface area contributed by atoms with E-state index in [1.165, 1.54) is 4.90 Å². The highest BCUT2D eigenvalue weighted by Gasteiger charge is 2.40. The van der Waals surface area contributed by atoms with Crippen molar-refractivity contribution in [1.82, 2.24) is 9.88 Å². The van der Waals surface area contributed by atoms with E-state index >= 15 is 0 Å². The van der Waals surface area contributed by atoms with E-state index in [2.05, 4.69) is 4.98 Å². The number of nitrogens with one attached hydrogen (secondary N) is 1. The molecule has 2 atom stereocenters. The van der Waals surface area contributed by atoms with Crippen LogP contribution in [0.15, 0.2) is 41.3 Å². The molecule has 162 valence electrons. The predicted octanol–water partition coefficient (Wildman–Crippen LogP) is 1.43. The first-order valence-corrected chi connectivity index (χ1v) is 10.5. The summed E-state index contributed by atoms with van der Waals surface area (Å²) >= 11 is 0. The number of aromatic nitrogens is 1. The molecule has 1 aromatic heterocycles. The van der Waals surface area contributed by atoms with Gasteiger partial charge in [0.1, 0.15) is 11.7 Å². The number of hydrogen-bond acceptors (Lipinski definition) is 5. The molecule has 2 amide bonds. The van der Waals surface area contributed by atoms with Crippen LogP contribution < -0.4 is 11.3 Å². The minimum Gasteiger partial charge on any atom is -0.457 e. The number of rotatable bonds is 5. The molecular formula is C23H25N3O5. The first-order chi connectivity index (χ1) is 14.9. The summed E-state index contributed by atoms with van der Waals surface area (Å²) < 4.78 is 5.64. The third-order valence-electron chi connectivity index (χ3n) is 6.03. The van der Waals surface area contributed by atoms with E-state index in [1.54, 1.807) is 36.5 Å². The molecular weight excluding hydrogens is 398 g/mol. The lowest BCUT2D eigenvalue weighted by Gasteiger charge is -2.21. The Morgan fingerprint density at radius 2 is 1.84 bits per heavy atom. The summed E-state index contributed by atoms with van der Waals surface area (Å²) in [6.07, 6.45) is 4.46. The van der Waals surface area contributed by atoms with Crippen molar-refractivity contribution in [2.24, 2.45) is 11.7 Å². The molecule has 1 aliphatic carbocycles. The molecule has 3 N–H and O–H groups in total. The first kappa shape index (κ1) is 20.8. The number of fused-ring (bicyclic) bond motifs is 1. The Hall–Kier alpha value is -3.42. The van der Waals surface area contributed by atoms with Crippen molar-refractivity contribution in [1.29, 1.82) is 0 Å². The number of pyridine rings is 1. The van der Waals surface area contributed by atoms with Gasteiger partial charge in [0.2, 0.25) is 5.91 Å². The summed E-state index contributed by atoms with van der Waals surface area (Å²) in [5.74, 6) is -1.88. The zero-order valence-corrected chi connectivity index (χ0v) is 17.1. The van der Waals surface area contributed by atoms with Gasteiger partial charge in [0.05, 0.1) is 12.1 Å². The van der Waals surface area contributed by atoms with Gasteiger partial charge in [0, 0.05) is 25.1 Å². The average Bonchev–Trinajstić information content (AvgIpc) is 3.15. The second-order valence-corrected chi connectivity index (χ2v) is 8.15. The molecule has 0 saturated carbocycles. The fourth-order valence-corrected chi connectivity index (χ4v) is 4.49. The average molecular weight is 423 g/mol. The number of likely N-dealkylation sites (tertiary alicyclic amines) is 1. The number of benzene rings is 1. The smallest absolute Gasteiger partial charge is 0.338 e. The zero-order chi connectivity index (χ0) is 22.0. The number of hydrogen-bond donors (Lipinski definition) is 2. The Morgan fingerprint density at radius 1 is 1.10 bits per heavy atom. The van der Waals surface area contributed by atoms with Crippen LogP contribution in [-0.2, 0) is 22.4 Å². The summed E-state index contributed by atoms with van der Waals surface area (Å²) in [6.45, 7) is 0.302. The van der Waals surface area contributed by atoms with Crippen LogP contribution in [0.4, 0.5) is 0 Å². The molecule has 2 heterocycles. The van der Waals surface area contributed by atoms with E-state index in [9.17, 15) is 19.2 Å². The van der Waals surface area contributed by atoms with Crippen LogP contribution in [0, 0.1) is 5.92 Å². The van der Waals surface area contributed by atoms with E-state index in [1.807, 2.05) is 0 Å². The molecule has 1 fully saturated rings. The Labute approximate surface area is 179 Å². The molecule has 8 heteroatoms. The van der Waals surface area contributed by atoms with Gasteiger partial charge in [-0.25, -0.2) is 4.79 Å². The highest BCUT2D eigenvalue weighted by atomic mass is 16.5. The van der Waals surface area contributed by atoms with E-state index in [-0.39, 0.29) is 25.1 Å². The van der Waals surface area contributed by atoms with E-state index < -0.39 is 35.4 Å². The van der Waals surface area contributed by atoms with Gasteiger partial charge in [-0.2, -0.15) is 0 Å². The van der Waals surface area contributed by atoms with Crippen molar-refractivity contribution in [2.75, 3.05) is 13.1 Å². The SMILES string of the molecule is NC(=O)C[C@H]1CN(C(=O)c2c3c(c[nH]c2=O)CCCC3)C[C@H]1OC(=O)c1ccccc1. The fraction of sp³-hybridized carbons (Fsp3) is 0.391. The van der Waals surface area contributed by atoms with Crippen molar-refractivity contribution in [2.45, 2.75) is 38.2 Å². The van der Waals surface area contributed by atoms with Crippen LogP contribution in [0.5, 0.6) is 0 Å². The van der Waals surface area contributed by atoms with E-state index in [0.29, 0.717) is 12.0 Å². The van der Waals surface area contributed by atoms with Crippen LogP contribution in [-0.4, -0.2) is 46.9 Å². The quantitative estimate of drug-likeness (QED) is 0.705. The topological polar surface area (TPSA) is 123 Å². The molecule has 1 aromatic carbocycles. The summed E-state index contributed by atoms with van der Waals surface area (Å²) in [7, 11) is 0. The number of aromatic amines is 1. The van der Waals surface area contributed by atoms with Gasteiger partial charge in [-0.1, -0.05) is 18.2 Å². The zero-order valence-electron chi connectivity index (χ0n) is 17.1. The van der Waals surface area contributed by atoms with Crippen LogP contribution in [0.1, 0.15) is 51.1 Å². The maximum Gasteiger partial charge on any atom is 0.338 e. The van der Waals surface area contributed by atoms with Crippen LogP contribution in [0.2, 0.25) is 0 Å². The third kappa shape index (κ3) is 4.38. The van der Waals surface area contributed by atoms with Crippen LogP contribution in [0.3, 0.4) is 0 Å². The van der Waals surface area contributed by atoms with Gasteiger partial charge in [0.25, 0.3) is 11.5 Å². The maximum absolute atomic E-state index is 13.3. The van der Waals surface area contributed by atoms with Crippen LogP contribution >= 0.6 is 0 Å². The number of carbonyl (C=O) groups is 3. The number of nitrogens with zero attached hydrogens (tertiary/aromatic N) is 1. The lowest BCUT2D eigenvalue weighted by molar-refractivity contribution is -0.119. The molecule has 1 aliphatic heterocycles. The molecule has 0 bridgehead atoms. The number of amides is 2. The highest BCUT2D eigenvalue weighted by molar-refractivity contribution is 5.96. The summed E-state index contributed by atoms with van der Waals surface area (Å²) in [5, 5.41) is 0. The lowest BCUT2D eigenvalue weighted by Crippen LogP contribution is -2.36. The fourth-order valence-electron chi connectivity index (χ4n) is 4.49. The normalized spacial score (nSPS) is 20.2. The largest absolute Gasteiger partial charge is 0.457 e. The number of aryl methyl sites for hydroxylation is 1. The molecule has 2 aliphatic rings. The Kier molecular flexibility index (Phi) is 5.88. The predicted molar refractivity (Wildman–Crippen MR) is 113 cm³/mol. The van der Waals surface area contributed by atoms with Crippen molar-refractivity contribution in [3.63, 3.8) is 0 Å². The van der Waals surface area contributed by atoms with Gasteiger partial charge >= 0.3 is 5.97 Å². The van der Waals surface area contributed by atoms with Gasteiger partial charge in [-0.3, -0.25) is 14.4 Å². The van der Waals surface area contributed by atoms with E-state index in [4.69, 9.17) is 10.5 Å². The molecule has 0 unspecified atom stereocenters. The van der Waals surface area contributed by atoms with Crippen molar-refractivity contribution < 1.29 is 19.1 Å².